The molecule has 2 rings (SSSR count). The van der Waals surface area contributed by atoms with Gasteiger partial charge in [0.1, 0.15) is 4.21 Å². The topological polar surface area (TPSA) is 78.9 Å². The van der Waals surface area contributed by atoms with Crippen molar-refractivity contribution in [3.63, 3.8) is 0 Å². The van der Waals surface area contributed by atoms with Gasteiger partial charge in [-0.15, -0.1) is 11.3 Å². The second-order valence-corrected chi connectivity index (χ2v) is 7.19. The molecule has 2 N–H and O–H groups in total. The van der Waals surface area contributed by atoms with Gasteiger partial charge in [0.25, 0.3) is 0 Å². The van der Waals surface area contributed by atoms with Crippen LogP contribution in [0.25, 0.3) is 0 Å². The van der Waals surface area contributed by atoms with Gasteiger partial charge in [-0.1, -0.05) is 0 Å². The van der Waals surface area contributed by atoms with Crippen LogP contribution in [-0.4, -0.2) is 57.8 Å². The number of nitrogens with zero attached hydrogens (tertiary/aromatic N) is 1. The zero-order valence-electron chi connectivity index (χ0n) is 10.5. The van der Waals surface area contributed by atoms with E-state index in [1.54, 1.807) is 5.38 Å². The van der Waals surface area contributed by atoms with Crippen molar-refractivity contribution in [1.29, 1.82) is 0 Å². The van der Waals surface area contributed by atoms with Crippen molar-refractivity contribution in [1.82, 2.24) is 9.62 Å². The van der Waals surface area contributed by atoms with Crippen LogP contribution in [0.2, 0.25) is 0 Å². The highest BCUT2D eigenvalue weighted by molar-refractivity contribution is 7.91. The maximum absolute atomic E-state index is 12.0. The molecule has 19 heavy (non-hydrogen) atoms. The Balaban J connectivity index is 1.83. The van der Waals surface area contributed by atoms with E-state index >= 15 is 0 Å². The Morgan fingerprint density at radius 2 is 2.16 bits per heavy atom. The van der Waals surface area contributed by atoms with E-state index in [0.717, 1.165) is 24.4 Å². The summed E-state index contributed by atoms with van der Waals surface area (Å²) in [6.07, 6.45) is 0. The van der Waals surface area contributed by atoms with Gasteiger partial charge in [-0.3, -0.25) is 4.90 Å². The van der Waals surface area contributed by atoms with Crippen LogP contribution in [0.5, 0.6) is 0 Å². The first kappa shape index (κ1) is 14.9. The van der Waals surface area contributed by atoms with Gasteiger partial charge in [-0.05, 0) is 17.0 Å². The van der Waals surface area contributed by atoms with E-state index < -0.39 is 10.0 Å². The molecule has 1 aliphatic rings. The van der Waals surface area contributed by atoms with Crippen LogP contribution in [0.4, 0.5) is 0 Å². The van der Waals surface area contributed by atoms with Gasteiger partial charge < -0.3 is 9.84 Å². The Bertz CT molecular complexity index is 495. The smallest absolute Gasteiger partial charge is 0.250 e. The minimum absolute atomic E-state index is 0.139. The molecule has 0 bridgehead atoms. The molecule has 1 saturated heterocycles. The number of thiophene rings is 1. The van der Waals surface area contributed by atoms with Crippen LogP contribution in [-0.2, 0) is 21.4 Å². The Morgan fingerprint density at radius 1 is 1.42 bits per heavy atom. The number of rotatable bonds is 6. The molecule has 8 heteroatoms. The van der Waals surface area contributed by atoms with Crippen LogP contribution in [0.3, 0.4) is 0 Å². The second-order valence-electron chi connectivity index (χ2n) is 4.28. The molecule has 1 aromatic rings. The minimum atomic E-state index is -3.45. The second kappa shape index (κ2) is 6.78. The molecule has 1 aromatic heterocycles. The summed E-state index contributed by atoms with van der Waals surface area (Å²) in [5, 5.41) is 10.6. The first-order valence-corrected chi connectivity index (χ1v) is 8.46. The third-order valence-corrected chi connectivity index (χ3v) is 5.85. The standard InChI is InChI=1S/C11H18N2O4S2/c14-8-10-7-11(18-9-10)19(15,16)12-1-2-13-3-5-17-6-4-13/h7,9,12,14H,1-6,8H2. The van der Waals surface area contributed by atoms with E-state index in [1.165, 1.54) is 6.07 Å². The lowest BCUT2D eigenvalue weighted by Crippen LogP contribution is -2.41. The highest BCUT2D eigenvalue weighted by Crippen LogP contribution is 2.19. The highest BCUT2D eigenvalue weighted by Gasteiger charge is 2.17. The number of sulfonamides is 1. The van der Waals surface area contributed by atoms with E-state index in [9.17, 15) is 8.42 Å². The summed E-state index contributed by atoms with van der Waals surface area (Å²) in [6.45, 7) is 4.02. The molecular formula is C11H18N2O4S2. The van der Waals surface area contributed by atoms with Crippen LogP contribution in [0, 0.1) is 0 Å². The molecule has 0 saturated carbocycles. The fraction of sp³-hybridized carbons (Fsp3) is 0.636. The van der Waals surface area contributed by atoms with Gasteiger partial charge in [-0.2, -0.15) is 0 Å². The predicted molar refractivity (Wildman–Crippen MR) is 72.7 cm³/mol. The summed E-state index contributed by atoms with van der Waals surface area (Å²) in [7, 11) is -3.45. The van der Waals surface area contributed by atoms with E-state index in [0.29, 0.717) is 31.9 Å². The summed E-state index contributed by atoms with van der Waals surface area (Å²) < 4.78 is 32.0. The predicted octanol–water partition coefficient (Wildman–Crippen LogP) is -0.149. The third kappa shape index (κ3) is 4.23. The van der Waals surface area contributed by atoms with Crippen LogP contribution >= 0.6 is 11.3 Å². The van der Waals surface area contributed by atoms with Gasteiger partial charge in [0.05, 0.1) is 19.8 Å². The molecule has 0 atom stereocenters. The molecule has 0 amide bonds. The third-order valence-electron chi connectivity index (χ3n) is 2.90. The fourth-order valence-electron chi connectivity index (χ4n) is 1.81. The number of nitrogens with one attached hydrogen (secondary N) is 1. The number of aliphatic hydroxyl groups excluding tert-OH is 1. The average molecular weight is 306 g/mol. The van der Waals surface area contributed by atoms with E-state index in [2.05, 4.69) is 9.62 Å². The maximum Gasteiger partial charge on any atom is 0.250 e. The van der Waals surface area contributed by atoms with Crippen molar-refractivity contribution in [3.8, 4) is 0 Å². The van der Waals surface area contributed by atoms with Crippen LogP contribution < -0.4 is 4.72 Å². The number of ether oxygens (including phenoxy) is 1. The first-order valence-electron chi connectivity index (χ1n) is 6.10. The van der Waals surface area contributed by atoms with Crippen LogP contribution in [0.15, 0.2) is 15.7 Å². The molecular weight excluding hydrogens is 288 g/mol. The monoisotopic (exact) mass is 306 g/mol. The Morgan fingerprint density at radius 3 is 2.79 bits per heavy atom. The SMILES string of the molecule is O=S(=O)(NCCN1CCOCC1)c1cc(CO)cs1. The lowest BCUT2D eigenvalue weighted by Gasteiger charge is -2.26. The number of hydrogen-bond donors (Lipinski definition) is 2. The van der Waals surface area contributed by atoms with Gasteiger partial charge in [-0.25, -0.2) is 13.1 Å². The Labute approximate surface area is 117 Å². The molecule has 0 aliphatic carbocycles. The highest BCUT2D eigenvalue weighted by atomic mass is 32.2. The molecule has 0 unspecified atom stereocenters. The van der Waals surface area contributed by atoms with Crippen molar-refractivity contribution >= 4 is 21.4 Å². The van der Waals surface area contributed by atoms with Gasteiger partial charge in [0.15, 0.2) is 0 Å². The zero-order valence-corrected chi connectivity index (χ0v) is 12.2. The lowest BCUT2D eigenvalue weighted by molar-refractivity contribution is 0.0390. The molecule has 108 valence electrons. The van der Waals surface area contributed by atoms with E-state index in [-0.39, 0.29) is 10.8 Å². The molecule has 0 spiro atoms. The number of aliphatic hydroxyl groups is 1. The molecule has 1 aliphatic heterocycles. The maximum atomic E-state index is 12.0. The summed E-state index contributed by atoms with van der Waals surface area (Å²) >= 11 is 1.12. The van der Waals surface area contributed by atoms with Crippen molar-refractivity contribution in [2.75, 3.05) is 39.4 Å². The van der Waals surface area contributed by atoms with Crippen molar-refractivity contribution in [2.24, 2.45) is 0 Å². The van der Waals surface area contributed by atoms with Crippen molar-refractivity contribution in [2.45, 2.75) is 10.8 Å². The average Bonchev–Trinajstić information content (AvgIpc) is 2.89. The van der Waals surface area contributed by atoms with Gasteiger partial charge >= 0.3 is 0 Å². The molecule has 0 radical (unpaired) electrons. The first-order chi connectivity index (χ1) is 9.12. The largest absolute Gasteiger partial charge is 0.392 e. The van der Waals surface area contributed by atoms with E-state index in [4.69, 9.17) is 9.84 Å². The van der Waals surface area contributed by atoms with Gasteiger partial charge in [0, 0.05) is 26.2 Å². The molecule has 0 aromatic carbocycles. The summed E-state index contributed by atoms with van der Waals surface area (Å²) in [4.78, 5) is 2.17. The quantitative estimate of drug-likeness (QED) is 0.764. The molecule has 1 fully saturated rings. The normalized spacial score (nSPS) is 17.7. The summed E-state index contributed by atoms with van der Waals surface area (Å²) in [6, 6.07) is 1.50. The zero-order chi connectivity index (χ0) is 13.7. The summed E-state index contributed by atoms with van der Waals surface area (Å²) in [5.41, 5.74) is 0.624. The minimum Gasteiger partial charge on any atom is -0.392 e. The Hall–Kier alpha value is -0.510. The molecule has 6 nitrogen and oxygen atoms in total. The van der Waals surface area contributed by atoms with E-state index in [1.807, 2.05) is 0 Å². The fourth-order valence-corrected chi connectivity index (χ4v) is 4.08. The number of hydrogen-bond acceptors (Lipinski definition) is 6. The molecule has 2 heterocycles. The lowest BCUT2D eigenvalue weighted by atomic mass is 10.4. The van der Waals surface area contributed by atoms with Crippen LogP contribution in [0.1, 0.15) is 5.56 Å². The summed E-state index contributed by atoms with van der Waals surface area (Å²) in [5.74, 6) is 0. The number of morpholine rings is 1. The Kier molecular flexibility index (Phi) is 5.31. The van der Waals surface area contributed by atoms with Crippen molar-refractivity contribution in [3.05, 3.63) is 17.0 Å². The van der Waals surface area contributed by atoms with Gasteiger partial charge in [0.2, 0.25) is 10.0 Å². The van der Waals surface area contributed by atoms with Crippen molar-refractivity contribution < 1.29 is 18.3 Å².